The van der Waals surface area contributed by atoms with Crippen LogP contribution in [0.15, 0.2) is 13.2 Å². The van der Waals surface area contributed by atoms with Crippen molar-refractivity contribution in [1.82, 2.24) is 0 Å². The van der Waals surface area contributed by atoms with Crippen LogP contribution in [0.5, 0.6) is 0 Å². The van der Waals surface area contributed by atoms with Gasteiger partial charge in [0.25, 0.3) is 0 Å². The Labute approximate surface area is 47.9 Å². The van der Waals surface area contributed by atoms with Crippen LogP contribution in [0.1, 0.15) is 0 Å². The van der Waals surface area contributed by atoms with Gasteiger partial charge in [-0.05, 0) is 0 Å². The van der Waals surface area contributed by atoms with Crippen molar-refractivity contribution < 1.29 is 20.0 Å². The van der Waals surface area contributed by atoms with Crippen molar-refractivity contribution >= 4 is 0 Å². The molecule has 0 heterocycles. The lowest BCUT2D eigenvalue weighted by Crippen LogP contribution is -1.95. The van der Waals surface area contributed by atoms with Crippen molar-refractivity contribution in [2.24, 2.45) is 0 Å². The zero-order valence-electron chi connectivity index (χ0n) is 4.54. The summed E-state index contributed by atoms with van der Waals surface area (Å²) in [5.74, 6) is 0. The van der Waals surface area contributed by atoms with Crippen LogP contribution >= 0.6 is 0 Å². The van der Waals surface area contributed by atoms with Crippen molar-refractivity contribution in [1.29, 1.82) is 0 Å². The molecule has 0 amide bonds. The van der Waals surface area contributed by atoms with Gasteiger partial charge in [-0.1, -0.05) is 0 Å². The molecule has 0 bridgehead atoms. The van der Waals surface area contributed by atoms with E-state index in [2.05, 4.69) is 22.9 Å². The molecule has 0 unspecified atom stereocenters. The lowest BCUT2D eigenvalue weighted by molar-refractivity contribution is -0.356. The van der Waals surface area contributed by atoms with E-state index in [0.29, 0.717) is 0 Å². The molecule has 0 aromatic rings. The minimum absolute atomic E-state index is 0.527. The Hall–Kier alpha value is -0.420. The fourth-order valence-electron chi connectivity index (χ4n) is 0.0745. The van der Waals surface area contributed by atoms with Gasteiger partial charge in [-0.3, -0.25) is 0 Å². The van der Waals surface area contributed by atoms with Gasteiger partial charge in [-0.25, -0.2) is 9.78 Å². The van der Waals surface area contributed by atoms with Crippen LogP contribution in [-0.2, 0) is 9.78 Å². The summed E-state index contributed by atoms with van der Waals surface area (Å²) in [5, 5.41) is 15.5. The van der Waals surface area contributed by atoms with Crippen LogP contribution in [0.2, 0.25) is 0 Å². The summed E-state index contributed by atoms with van der Waals surface area (Å²) in [6.07, 6.45) is 0. The Bertz CT molecular complexity index is 27.2. The van der Waals surface area contributed by atoms with Gasteiger partial charge in [0.1, 0.15) is 0 Å². The van der Waals surface area contributed by atoms with Crippen LogP contribution in [0.25, 0.3) is 0 Å². The highest BCUT2D eigenvalue weighted by molar-refractivity contribution is 4.22. The number of hydrogen-bond donors (Lipinski definition) is 2. The fraction of sp³-hybridized carbons (Fsp3) is 0.500. The molecule has 0 radical (unpaired) electrons. The summed E-state index contributed by atoms with van der Waals surface area (Å²) in [4.78, 5) is 7.58. The van der Waals surface area contributed by atoms with Crippen molar-refractivity contribution in [3.63, 3.8) is 0 Å². The largest absolute Gasteiger partial charge is 0.368 e. The van der Waals surface area contributed by atoms with Crippen molar-refractivity contribution in [2.75, 3.05) is 13.6 Å². The van der Waals surface area contributed by atoms with Gasteiger partial charge in [0.05, 0.1) is 0 Å². The smallest absolute Gasteiger partial charge is 0.178 e. The average Bonchev–Trinajstić information content (AvgIpc) is 1.88. The Morgan fingerprint density at radius 2 is 1.25 bits per heavy atom. The van der Waals surface area contributed by atoms with Crippen molar-refractivity contribution in [3.8, 4) is 0 Å². The third-order valence-electron chi connectivity index (χ3n) is 0.189. The second-order valence-electron chi connectivity index (χ2n) is 0.494. The quantitative estimate of drug-likeness (QED) is 0.176. The van der Waals surface area contributed by atoms with Crippen LogP contribution in [-0.4, -0.2) is 23.8 Å². The molecule has 0 rings (SSSR count). The van der Waals surface area contributed by atoms with E-state index in [1.807, 2.05) is 0 Å². The molecule has 0 atom stereocenters. The van der Waals surface area contributed by atoms with Crippen LogP contribution in [0, 0.1) is 0 Å². The Balaban J connectivity index is 0. The summed E-state index contributed by atoms with van der Waals surface area (Å²) in [6.45, 7) is 4.95. The predicted octanol–water partition coefficient (Wildman–Crippen LogP) is -0.364. The van der Waals surface area contributed by atoms with Gasteiger partial charge < -0.3 is 10.2 Å². The third kappa shape index (κ3) is 17.6. The molecule has 0 aliphatic rings. The molecule has 0 aromatic heterocycles. The summed E-state index contributed by atoms with van der Waals surface area (Å²) in [6, 6.07) is 0. The van der Waals surface area contributed by atoms with E-state index in [1.54, 1.807) is 0 Å². The standard InChI is InChI=1S/C2H6O4.C2H4/c3-1-5-6-2-4;1-2/h3-4H,1-2H2;1-2H2. The molecule has 8 heavy (non-hydrogen) atoms. The summed E-state index contributed by atoms with van der Waals surface area (Å²) >= 11 is 0. The summed E-state index contributed by atoms with van der Waals surface area (Å²) in [7, 11) is 0. The van der Waals surface area contributed by atoms with Gasteiger partial charge in [0, 0.05) is 0 Å². The lowest BCUT2D eigenvalue weighted by Gasteiger charge is -1.90. The third-order valence-corrected chi connectivity index (χ3v) is 0.189. The first-order valence-electron chi connectivity index (χ1n) is 1.88. The summed E-state index contributed by atoms with van der Waals surface area (Å²) in [5.41, 5.74) is 0. The molecule has 50 valence electrons. The second-order valence-corrected chi connectivity index (χ2v) is 0.494. The van der Waals surface area contributed by atoms with E-state index in [9.17, 15) is 0 Å². The highest BCUT2D eigenvalue weighted by Gasteiger charge is 1.73. The molecule has 0 saturated heterocycles. The first-order valence-corrected chi connectivity index (χ1v) is 1.88. The minimum atomic E-state index is -0.527. The monoisotopic (exact) mass is 122 g/mol. The van der Waals surface area contributed by atoms with Crippen LogP contribution in [0.3, 0.4) is 0 Å². The van der Waals surface area contributed by atoms with Crippen LogP contribution < -0.4 is 0 Å². The zero-order chi connectivity index (χ0) is 6.83. The molecule has 0 aliphatic carbocycles. The van der Waals surface area contributed by atoms with Gasteiger partial charge in [0.2, 0.25) is 0 Å². The Morgan fingerprint density at radius 3 is 1.38 bits per heavy atom. The molecule has 4 heteroatoms. The Morgan fingerprint density at radius 1 is 1.00 bits per heavy atom. The van der Waals surface area contributed by atoms with E-state index in [1.165, 1.54) is 0 Å². The highest BCUT2D eigenvalue weighted by Crippen LogP contribution is 1.67. The SMILES string of the molecule is C=C.OCOOCO. The molecular weight excluding hydrogens is 112 g/mol. The maximum absolute atomic E-state index is 7.74. The van der Waals surface area contributed by atoms with Gasteiger partial charge in [0.15, 0.2) is 13.6 Å². The van der Waals surface area contributed by atoms with E-state index in [-0.39, 0.29) is 0 Å². The zero-order valence-corrected chi connectivity index (χ0v) is 4.54. The van der Waals surface area contributed by atoms with Gasteiger partial charge in [-0.2, -0.15) is 0 Å². The molecule has 0 saturated carbocycles. The van der Waals surface area contributed by atoms with E-state index in [4.69, 9.17) is 10.2 Å². The molecule has 0 aliphatic heterocycles. The predicted molar refractivity (Wildman–Crippen MR) is 27.6 cm³/mol. The summed E-state index contributed by atoms with van der Waals surface area (Å²) < 4.78 is 0. The Kier molecular flexibility index (Phi) is 21.1. The van der Waals surface area contributed by atoms with Crippen molar-refractivity contribution in [3.05, 3.63) is 13.2 Å². The first-order chi connectivity index (χ1) is 3.91. The molecule has 0 spiro atoms. The molecule has 0 aromatic carbocycles. The van der Waals surface area contributed by atoms with Gasteiger partial charge >= 0.3 is 0 Å². The maximum Gasteiger partial charge on any atom is 0.178 e. The number of aliphatic hydroxyl groups excluding tert-OH is 2. The molecule has 0 fully saturated rings. The average molecular weight is 122 g/mol. The van der Waals surface area contributed by atoms with E-state index in [0.717, 1.165) is 0 Å². The van der Waals surface area contributed by atoms with Crippen molar-refractivity contribution in [2.45, 2.75) is 0 Å². The number of rotatable bonds is 3. The fourth-order valence-corrected chi connectivity index (χ4v) is 0.0745. The van der Waals surface area contributed by atoms with Crippen LogP contribution in [0.4, 0.5) is 0 Å². The maximum atomic E-state index is 7.74. The van der Waals surface area contributed by atoms with E-state index >= 15 is 0 Å². The minimum Gasteiger partial charge on any atom is -0.368 e. The number of aliphatic hydroxyl groups is 2. The first kappa shape index (κ1) is 10.5. The second kappa shape index (κ2) is 16.0. The topological polar surface area (TPSA) is 58.9 Å². The van der Waals surface area contributed by atoms with E-state index < -0.39 is 13.6 Å². The number of hydrogen-bond acceptors (Lipinski definition) is 4. The molecule has 2 N–H and O–H groups in total. The highest BCUT2D eigenvalue weighted by atomic mass is 17.2. The normalized spacial score (nSPS) is 7.25. The lowest BCUT2D eigenvalue weighted by atomic mass is 11.3. The van der Waals surface area contributed by atoms with Gasteiger partial charge in [-0.15, -0.1) is 13.2 Å². The molecule has 4 nitrogen and oxygen atoms in total. The molecular formula is C4H10O4.